The van der Waals surface area contributed by atoms with Gasteiger partial charge in [-0.3, -0.25) is 0 Å². The molecule has 0 bridgehead atoms. The van der Waals surface area contributed by atoms with Crippen LogP contribution in [0, 0.1) is 0 Å². The fourth-order valence-corrected chi connectivity index (χ4v) is 2.61. The van der Waals surface area contributed by atoms with Crippen molar-refractivity contribution in [2.24, 2.45) is 0 Å². The third-order valence-electron chi connectivity index (χ3n) is 2.77. The summed E-state index contributed by atoms with van der Waals surface area (Å²) in [6, 6.07) is 9.06. The third-order valence-corrected chi connectivity index (χ3v) is 4.18. The van der Waals surface area contributed by atoms with Crippen molar-refractivity contribution in [3.8, 4) is 11.4 Å². The Labute approximate surface area is 127 Å². The highest BCUT2D eigenvalue weighted by molar-refractivity contribution is 9.10. The first-order valence-electron chi connectivity index (χ1n) is 5.45. The highest BCUT2D eigenvalue weighted by Crippen LogP contribution is 2.32. The largest absolute Gasteiger partial charge is 0.399 e. The molecule has 0 unspecified atom stereocenters. The molecular formula is C13H8BrCl2N3. The van der Waals surface area contributed by atoms with E-state index in [1.807, 2.05) is 18.2 Å². The molecule has 2 aromatic carbocycles. The second-order valence-corrected chi connectivity index (χ2v) is 5.78. The number of halogens is 3. The number of hydrogen-bond donors (Lipinski definition) is 2. The van der Waals surface area contributed by atoms with E-state index in [9.17, 15) is 0 Å². The molecule has 3 nitrogen and oxygen atoms in total. The molecule has 1 heterocycles. The van der Waals surface area contributed by atoms with Crippen molar-refractivity contribution in [1.82, 2.24) is 9.97 Å². The molecule has 6 heteroatoms. The van der Waals surface area contributed by atoms with E-state index >= 15 is 0 Å². The number of H-pyrrole nitrogens is 1. The van der Waals surface area contributed by atoms with Gasteiger partial charge in [0.25, 0.3) is 0 Å². The van der Waals surface area contributed by atoms with Crippen LogP contribution in [0.2, 0.25) is 10.0 Å². The van der Waals surface area contributed by atoms with Crippen molar-refractivity contribution in [2.75, 3.05) is 5.73 Å². The van der Waals surface area contributed by atoms with Crippen molar-refractivity contribution in [1.29, 1.82) is 0 Å². The molecule has 0 atom stereocenters. The zero-order valence-electron chi connectivity index (χ0n) is 9.55. The summed E-state index contributed by atoms with van der Waals surface area (Å²) in [5.74, 6) is 0.715. The van der Waals surface area contributed by atoms with Crippen LogP contribution in [-0.2, 0) is 0 Å². The van der Waals surface area contributed by atoms with Crippen LogP contribution < -0.4 is 5.73 Å². The van der Waals surface area contributed by atoms with E-state index < -0.39 is 0 Å². The lowest BCUT2D eigenvalue weighted by atomic mass is 10.2. The molecule has 96 valence electrons. The van der Waals surface area contributed by atoms with E-state index in [4.69, 9.17) is 28.9 Å². The number of nitrogens with two attached hydrogens (primary N) is 1. The number of aromatic amines is 1. The number of aromatic nitrogens is 2. The average Bonchev–Trinajstić information content (AvgIpc) is 2.75. The number of imidazole rings is 1. The minimum atomic E-state index is 0.485. The standard InChI is InChI=1S/C13H8BrCl2N3/c14-8-2-1-6(17)3-7(8)13-18-11-4-9(15)10(16)5-12(11)19-13/h1-5H,17H2,(H,18,19). The van der Waals surface area contributed by atoms with Crippen molar-refractivity contribution < 1.29 is 0 Å². The van der Waals surface area contributed by atoms with Crippen LogP contribution in [0.3, 0.4) is 0 Å². The molecule has 0 radical (unpaired) electrons. The lowest BCUT2D eigenvalue weighted by molar-refractivity contribution is 1.33. The fourth-order valence-electron chi connectivity index (χ4n) is 1.86. The summed E-state index contributed by atoms with van der Waals surface area (Å²) < 4.78 is 0.915. The summed E-state index contributed by atoms with van der Waals surface area (Å²) in [4.78, 5) is 7.71. The first-order valence-corrected chi connectivity index (χ1v) is 6.99. The van der Waals surface area contributed by atoms with Gasteiger partial charge in [0.2, 0.25) is 0 Å². The van der Waals surface area contributed by atoms with E-state index in [0.29, 0.717) is 21.6 Å². The average molecular weight is 357 g/mol. The Bertz CT molecular complexity index is 744. The van der Waals surface area contributed by atoms with Crippen LogP contribution in [0.15, 0.2) is 34.8 Å². The number of nitrogen functional groups attached to an aromatic ring is 1. The Morgan fingerprint density at radius 3 is 2.63 bits per heavy atom. The van der Waals surface area contributed by atoms with Crippen molar-refractivity contribution in [2.45, 2.75) is 0 Å². The fraction of sp³-hybridized carbons (Fsp3) is 0. The number of nitrogens with one attached hydrogen (secondary N) is 1. The van der Waals surface area contributed by atoms with Gasteiger partial charge in [-0.25, -0.2) is 4.98 Å². The maximum atomic E-state index is 5.99. The van der Waals surface area contributed by atoms with Gasteiger partial charge in [0, 0.05) is 15.7 Å². The molecule has 0 aliphatic rings. The molecule has 0 fully saturated rings. The van der Waals surface area contributed by atoms with Gasteiger partial charge in [-0.15, -0.1) is 0 Å². The molecule has 3 N–H and O–H groups in total. The van der Waals surface area contributed by atoms with Crippen LogP contribution in [0.1, 0.15) is 0 Å². The second kappa shape index (κ2) is 4.71. The van der Waals surface area contributed by atoms with E-state index in [0.717, 1.165) is 21.1 Å². The summed E-state index contributed by atoms with van der Waals surface area (Å²) in [7, 11) is 0. The molecule has 3 rings (SSSR count). The van der Waals surface area contributed by atoms with Crippen LogP contribution in [0.4, 0.5) is 5.69 Å². The van der Waals surface area contributed by atoms with Gasteiger partial charge in [0.1, 0.15) is 5.82 Å². The zero-order chi connectivity index (χ0) is 13.6. The SMILES string of the molecule is Nc1ccc(Br)c(-c2nc3cc(Cl)c(Cl)cc3[nH]2)c1. The molecule has 3 aromatic rings. The number of benzene rings is 2. The Hall–Kier alpha value is -1.23. The van der Waals surface area contributed by atoms with Crippen LogP contribution in [0.25, 0.3) is 22.4 Å². The predicted octanol–water partition coefficient (Wildman–Crippen LogP) is 4.88. The van der Waals surface area contributed by atoms with Gasteiger partial charge in [-0.1, -0.05) is 39.1 Å². The Morgan fingerprint density at radius 1 is 1.11 bits per heavy atom. The zero-order valence-corrected chi connectivity index (χ0v) is 12.6. The Kier molecular flexibility index (Phi) is 3.17. The Balaban J connectivity index is 2.23. The maximum Gasteiger partial charge on any atom is 0.139 e. The van der Waals surface area contributed by atoms with E-state index in [2.05, 4.69) is 25.9 Å². The predicted molar refractivity (Wildman–Crippen MR) is 83.7 cm³/mol. The van der Waals surface area contributed by atoms with E-state index in [1.165, 1.54) is 0 Å². The molecule has 0 saturated heterocycles. The van der Waals surface area contributed by atoms with Gasteiger partial charge in [-0.2, -0.15) is 0 Å². The summed E-state index contributed by atoms with van der Waals surface area (Å²) in [5.41, 5.74) is 8.97. The molecule has 19 heavy (non-hydrogen) atoms. The molecule has 0 aliphatic heterocycles. The lowest BCUT2D eigenvalue weighted by Gasteiger charge is -2.01. The number of rotatable bonds is 1. The normalized spacial score (nSPS) is 11.1. The topological polar surface area (TPSA) is 54.7 Å². The number of anilines is 1. The summed E-state index contributed by atoms with van der Waals surface area (Å²) >= 11 is 15.5. The number of nitrogens with zero attached hydrogens (tertiary/aromatic N) is 1. The van der Waals surface area contributed by atoms with Crippen LogP contribution >= 0.6 is 39.1 Å². The van der Waals surface area contributed by atoms with Gasteiger partial charge in [0.05, 0.1) is 21.1 Å². The Morgan fingerprint density at radius 2 is 1.84 bits per heavy atom. The molecule has 0 aliphatic carbocycles. The molecule has 0 spiro atoms. The van der Waals surface area contributed by atoms with Crippen LogP contribution in [-0.4, -0.2) is 9.97 Å². The van der Waals surface area contributed by atoms with Crippen molar-refractivity contribution in [3.63, 3.8) is 0 Å². The van der Waals surface area contributed by atoms with Crippen molar-refractivity contribution >= 4 is 55.9 Å². The first-order chi connectivity index (χ1) is 9.04. The van der Waals surface area contributed by atoms with E-state index in [-0.39, 0.29) is 0 Å². The smallest absolute Gasteiger partial charge is 0.139 e. The minimum Gasteiger partial charge on any atom is -0.399 e. The monoisotopic (exact) mass is 355 g/mol. The molecule has 0 amide bonds. The maximum absolute atomic E-state index is 5.99. The minimum absolute atomic E-state index is 0.485. The third kappa shape index (κ3) is 2.31. The first kappa shape index (κ1) is 12.8. The molecular weight excluding hydrogens is 349 g/mol. The number of fused-ring (bicyclic) bond motifs is 1. The number of hydrogen-bond acceptors (Lipinski definition) is 2. The van der Waals surface area contributed by atoms with Gasteiger partial charge in [0.15, 0.2) is 0 Å². The quantitative estimate of drug-likeness (QED) is 0.610. The highest BCUT2D eigenvalue weighted by atomic mass is 79.9. The summed E-state index contributed by atoms with van der Waals surface area (Å²) in [6.07, 6.45) is 0. The van der Waals surface area contributed by atoms with Crippen molar-refractivity contribution in [3.05, 3.63) is 44.8 Å². The molecule has 0 saturated carbocycles. The van der Waals surface area contributed by atoms with Gasteiger partial charge in [-0.05, 0) is 30.3 Å². The summed E-state index contributed by atoms with van der Waals surface area (Å²) in [5, 5.41) is 0.981. The molecule has 1 aromatic heterocycles. The van der Waals surface area contributed by atoms with E-state index in [1.54, 1.807) is 12.1 Å². The second-order valence-electron chi connectivity index (χ2n) is 4.11. The van der Waals surface area contributed by atoms with Gasteiger partial charge < -0.3 is 10.7 Å². The van der Waals surface area contributed by atoms with Gasteiger partial charge >= 0.3 is 0 Å². The lowest BCUT2D eigenvalue weighted by Crippen LogP contribution is -1.88. The summed E-state index contributed by atoms with van der Waals surface area (Å²) in [6.45, 7) is 0. The highest BCUT2D eigenvalue weighted by Gasteiger charge is 2.11. The van der Waals surface area contributed by atoms with Crippen LogP contribution in [0.5, 0.6) is 0 Å².